The number of hydrogen-bond acceptors (Lipinski definition) is 7. The number of ether oxygens (including phenoxy) is 7. The molecule has 1 aliphatic carbocycles. The minimum absolute atomic E-state index is 0.162. The Morgan fingerprint density at radius 2 is 1.00 bits per heavy atom. The lowest BCUT2D eigenvalue weighted by Crippen LogP contribution is -2.32. The largest absolute Gasteiger partial charge is 0.491 e. The number of fused-ring (bicyclic) bond motifs is 9. The van der Waals surface area contributed by atoms with Gasteiger partial charge in [-0.2, -0.15) is 0 Å². The van der Waals surface area contributed by atoms with Crippen LogP contribution in [0, 0.1) is 0 Å². The van der Waals surface area contributed by atoms with Gasteiger partial charge in [0.1, 0.15) is 66.9 Å². The molecule has 206 valence electrons. The van der Waals surface area contributed by atoms with Gasteiger partial charge in [-0.3, -0.25) is 0 Å². The third-order valence-corrected chi connectivity index (χ3v) is 8.46. The summed E-state index contributed by atoms with van der Waals surface area (Å²) >= 11 is 0. The number of epoxide rings is 3. The second kappa shape index (κ2) is 8.98. The molecule has 0 amide bonds. The molecule has 7 nitrogen and oxygen atoms in total. The normalized spacial score (nSPS) is 25.3. The molecular formula is C34H28O7. The Hall–Kier alpha value is -4.04. The van der Waals surface area contributed by atoms with Crippen molar-refractivity contribution in [2.24, 2.45) is 0 Å². The summed E-state index contributed by atoms with van der Waals surface area (Å²) in [7, 11) is 0. The molecule has 3 atom stereocenters. The summed E-state index contributed by atoms with van der Waals surface area (Å²) in [5.41, 5.74) is 6.07. The van der Waals surface area contributed by atoms with E-state index in [1.54, 1.807) is 0 Å². The summed E-state index contributed by atoms with van der Waals surface area (Å²) in [4.78, 5) is 0. The highest BCUT2D eigenvalue weighted by Crippen LogP contribution is 2.63. The molecule has 0 saturated carbocycles. The molecule has 7 heteroatoms. The summed E-state index contributed by atoms with van der Waals surface area (Å²) in [6.45, 7) is 3.84. The Morgan fingerprint density at radius 1 is 0.537 bits per heavy atom. The number of hydrogen-bond donors (Lipinski definition) is 0. The van der Waals surface area contributed by atoms with E-state index >= 15 is 0 Å². The highest BCUT2D eigenvalue weighted by molar-refractivity contribution is 5.89. The maximum Gasteiger partial charge on any atom is 0.132 e. The molecule has 5 aliphatic rings. The van der Waals surface area contributed by atoms with Crippen molar-refractivity contribution in [3.63, 3.8) is 0 Å². The van der Waals surface area contributed by atoms with Crippen LogP contribution in [0.1, 0.15) is 22.3 Å². The first-order valence-corrected chi connectivity index (χ1v) is 14.2. The van der Waals surface area contributed by atoms with Crippen molar-refractivity contribution in [1.29, 1.82) is 0 Å². The van der Waals surface area contributed by atoms with Crippen molar-refractivity contribution in [3.8, 4) is 39.9 Å². The minimum Gasteiger partial charge on any atom is -0.491 e. The quantitative estimate of drug-likeness (QED) is 0.221. The van der Waals surface area contributed by atoms with Crippen molar-refractivity contribution in [2.75, 3.05) is 39.6 Å². The van der Waals surface area contributed by atoms with Crippen LogP contribution in [-0.4, -0.2) is 58.0 Å². The predicted octanol–water partition coefficient (Wildman–Crippen LogP) is 5.49. The van der Waals surface area contributed by atoms with Gasteiger partial charge in [0.25, 0.3) is 0 Å². The molecule has 4 aromatic rings. The van der Waals surface area contributed by atoms with Gasteiger partial charge in [0.15, 0.2) is 0 Å². The van der Waals surface area contributed by atoms with E-state index in [0.29, 0.717) is 19.8 Å². The van der Waals surface area contributed by atoms with Crippen molar-refractivity contribution in [3.05, 3.63) is 101 Å². The second-order valence-corrected chi connectivity index (χ2v) is 11.2. The first-order chi connectivity index (χ1) is 20.3. The van der Waals surface area contributed by atoms with E-state index in [1.165, 1.54) is 16.7 Å². The van der Waals surface area contributed by atoms with Crippen LogP contribution < -0.4 is 18.9 Å². The Kier molecular flexibility index (Phi) is 5.18. The lowest BCUT2D eigenvalue weighted by Gasteiger charge is -2.39. The Balaban J connectivity index is 1.26. The van der Waals surface area contributed by atoms with Gasteiger partial charge < -0.3 is 33.2 Å². The summed E-state index contributed by atoms with van der Waals surface area (Å²) in [5.74, 6) is 3.99. The van der Waals surface area contributed by atoms with Crippen LogP contribution in [0.5, 0.6) is 28.7 Å². The van der Waals surface area contributed by atoms with E-state index in [9.17, 15) is 0 Å². The summed E-state index contributed by atoms with van der Waals surface area (Å²) in [5, 5.41) is 0. The lowest BCUT2D eigenvalue weighted by molar-refractivity contribution is 0.261. The van der Waals surface area contributed by atoms with Gasteiger partial charge in [-0.15, -0.1) is 0 Å². The zero-order valence-electron chi connectivity index (χ0n) is 22.3. The standard InChI is InChI=1S/C34H28O7/c1-2-4-28-26(3-1)27-8-5-20(35-14-23-17-38-23)11-29(27)34(28)30-12-21(36-15-24-18-39-24)6-9-32(30)41-33-10-7-22(13-31(33)34)37-16-25-19-40-25/h1-13,23-25H,14-19H2. The van der Waals surface area contributed by atoms with Crippen molar-refractivity contribution in [1.82, 2.24) is 0 Å². The maximum absolute atomic E-state index is 6.59. The molecular weight excluding hydrogens is 520 g/mol. The maximum atomic E-state index is 6.59. The molecule has 3 fully saturated rings. The molecule has 4 aliphatic heterocycles. The summed E-state index contributed by atoms with van der Waals surface area (Å²) in [6.07, 6.45) is 0.495. The van der Waals surface area contributed by atoms with Crippen molar-refractivity contribution < 1.29 is 33.2 Å². The first kappa shape index (κ1) is 23.6. The fraction of sp³-hybridized carbons (Fsp3) is 0.294. The lowest BCUT2D eigenvalue weighted by atomic mass is 9.66. The van der Waals surface area contributed by atoms with Crippen LogP contribution in [0.25, 0.3) is 11.1 Å². The molecule has 0 aromatic heterocycles. The molecule has 9 rings (SSSR count). The predicted molar refractivity (Wildman–Crippen MR) is 150 cm³/mol. The third-order valence-electron chi connectivity index (χ3n) is 8.46. The molecule has 4 aromatic carbocycles. The monoisotopic (exact) mass is 548 g/mol. The highest BCUT2D eigenvalue weighted by Gasteiger charge is 2.52. The van der Waals surface area contributed by atoms with Gasteiger partial charge >= 0.3 is 0 Å². The van der Waals surface area contributed by atoms with E-state index in [1.807, 2.05) is 24.3 Å². The summed E-state index contributed by atoms with van der Waals surface area (Å²) in [6, 6.07) is 27.3. The van der Waals surface area contributed by atoms with E-state index < -0.39 is 5.41 Å². The van der Waals surface area contributed by atoms with Gasteiger partial charge in [-0.1, -0.05) is 30.3 Å². The van der Waals surface area contributed by atoms with E-state index in [-0.39, 0.29) is 18.3 Å². The zero-order valence-corrected chi connectivity index (χ0v) is 22.3. The van der Waals surface area contributed by atoms with E-state index in [0.717, 1.165) is 65.3 Å². The van der Waals surface area contributed by atoms with Crippen LogP contribution in [-0.2, 0) is 19.6 Å². The van der Waals surface area contributed by atoms with E-state index in [4.69, 9.17) is 33.2 Å². The minimum atomic E-state index is -0.671. The molecule has 41 heavy (non-hydrogen) atoms. The molecule has 0 radical (unpaired) electrons. The molecule has 1 spiro atoms. The Labute approximate surface area is 237 Å². The molecule has 4 heterocycles. The smallest absolute Gasteiger partial charge is 0.132 e. The van der Waals surface area contributed by atoms with Crippen LogP contribution in [0.15, 0.2) is 78.9 Å². The van der Waals surface area contributed by atoms with Crippen molar-refractivity contribution >= 4 is 0 Å². The molecule has 0 bridgehead atoms. The number of benzene rings is 4. The average Bonchev–Trinajstić information content (AvgIpc) is 3.86. The fourth-order valence-electron chi connectivity index (χ4n) is 6.21. The number of rotatable bonds is 9. The molecule has 3 unspecified atom stereocenters. The van der Waals surface area contributed by atoms with Crippen LogP contribution >= 0.6 is 0 Å². The molecule has 3 saturated heterocycles. The third kappa shape index (κ3) is 3.99. The van der Waals surface area contributed by atoms with Gasteiger partial charge in [-0.25, -0.2) is 0 Å². The van der Waals surface area contributed by atoms with Gasteiger partial charge in [0.2, 0.25) is 0 Å². The average molecular weight is 549 g/mol. The Bertz CT molecular complexity index is 1600. The molecule has 0 N–H and O–H groups in total. The second-order valence-electron chi connectivity index (χ2n) is 11.2. The fourth-order valence-corrected chi connectivity index (χ4v) is 6.21. The SMILES string of the molecule is c1ccc2c(c1)-c1ccc(OCC3CO3)cc1C21c2cc(OCC3CO3)ccc2Oc2ccc(OCC3CO3)cc21. The van der Waals surface area contributed by atoms with Crippen LogP contribution in [0.4, 0.5) is 0 Å². The van der Waals surface area contributed by atoms with Gasteiger partial charge in [-0.05, 0) is 70.8 Å². The topological polar surface area (TPSA) is 74.5 Å². The van der Waals surface area contributed by atoms with Gasteiger partial charge in [0, 0.05) is 11.1 Å². The Morgan fingerprint density at radius 3 is 1.54 bits per heavy atom. The summed E-state index contributed by atoms with van der Waals surface area (Å²) < 4.78 is 41.4. The highest BCUT2D eigenvalue weighted by atomic mass is 16.6. The van der Waals surface area contributed by atoms with Crippen molar-refractivity contribution in [2.45, 2.75) is 23.7 Å². The van der Waals surface area contributed by atoms with E-state index in [2.05, 4.69) is 54.6 Å². The zero-order chi connectivity index (χ0) is 27.0. The van der Waals surface area contributed by atoms with Crippen LogP contribution in [0.3, 0.4) is 0 Å². The van der Waals surface area contributed by atoms with Crippen LogP contribution in [0.2, 0.25) is 0 Å². The first-order valence-electron chi connectivity index (χ1n) is 14.2. The van der Waals surface area contributed by atoms with Gasteiger partial charge in [0.05, 0.1) is 25.2 Å².